The zero-order chi connectivity index (χ0) is 21.0. The summed E-state index contributed by atoms with van der Waals surface area (Å²) in [6, 6.07) is 8.44. The van der Waals surface area contributed by atoms with Gasteiger partial charge in [-0.3, -0.25) is 4.79 Å². The van der Waals surface area contributed by atoms with E-state index in [1.807, 2.05) is 0 Å². The van der Waals surface area contributed by atoms with Crippen LogP contribution in [0.2, 0.25) is 0 Å². The Hall–Kier alpha value is -3.16. The van der Waals surface area contributed by atoms with Gasteiger partial charge in [0.2, 0.25) is 11.7 Å². The smallest absolute Gasteiger partial charge is 0.273 e. The fraction of sp³-hybridized carbons (Fsp3) is 0.286. The molecule has 1 N–H and O–H groups in total. The van der Waals surface area contributed by atoms with E-state index in [2.05, 4.69) is 11.9 Å². The van der Waals surface area contributed by atoms with Crippen LogP contribution in [0.4, 0.5) is 13.2 Å². The second kappa shape index (κ2) is 8.89. The zero-order valence-electron chi connectivity index (χ0n) is 15.7. The number of amides is 1. The molecule has 1 amide bonds. The number of benzene rings is 2. The maximum Gasteiger partial charge on any atom is 0.273 e. The second-order valence-corrected chi connectivity index (χ2v) is 6.33. The molecule has 1 heterocycles. The molecule has 2 unspecified atom stereocenters. The Bertz CT molecular complexity index is 886. The lowest BCUT2D eigenvalue weighted by molar-refractivity contribution is -0.117. The number of methoxy groups -OCH3 is 1. The van der Waals surface area contributed by atoms with Crippen molar-refractivity contribution in [2.75, 3.05) is 13.7 Å². The fourth-order valence-corrected chi connectivity index (χ4v) is 3.06. The minimum Gasteiger partial charge on any atom is -0.490 e. The van der Waals surface area contributed by atoms with E-state index in [0.717, 1.165) is 5.56 Å². The third-order valence-electron chi connectivity index (χ3n) is 4.49. The Kier molecular flexibility index (Phi) is 6.31. The summed E-state index contributed by atoms with van der Waals surface area (Å²) < 4.78 is 55.3. The summed E-state index contributed by atoms with van der Waals surface area (Å²) >= 11 is 0. The summed E-state index contributed by atoms with van der Waals surface area (Å²) in [6.07, 6.45) is -3.65. The first-order valence-corrected chi connectivity index (χ1v) is 8.91. The van der Waals surface area contributed by atoms with E-state index >= 15 is 0 Å². The highest BCUT2D eigenvalue weighted by Crippen LogP contribution is 2.46. The highest BCUT2D eigenvalue weighted by molar-refractivity contribution is 5.87. The van der Waals surface area contributed by atoms with Crippen molar-refractivity contribution in [2.24, 2.45) is 0 Å². The van der Waals surface area contributed by atoms with Gasteiger partial charge in [-0.05, 0) is 35.9 Å². The monoisotopic (exact) mass is 407 g/mol. The number of hydrogen-bond acceptors (Lipinski definition) is 4. The average Bonchev–Trinajstić information content (AvgIpc) is 2.73. The maximum atomic E-state index is 13.4. The van der Waals surface area contributed by atoms with Crippen LogP contribution in [0.1, 0.15) is 29.8 Å². The number of nitrogens with one attached hydrogen (secondary N) is 1. The van der Waals surface area contributed by atoms with Crippen molar-refractivity contribution in [3.63, 3.8) is 0 Å². The lowest BCUT2D eigenvalue weighted by Gasteiger charge is -2.28. The Morgan fingerprint density at radius 2 is 1.97 bits per heavy atom. The number of hydrogen-bond donors (Lipinski definition) is 1. The predicted molar refractivity (Wildman–Crippen MR) is 101 cm³/mol. The van der Waals surface area contributed by atoms with Crippen LogP contribution >= 0.6 is 0 Å². The minimum atomic E-state index is -3.09. The first kappa shape index (κ1) is 20.6. The molecule has 0 spiro atoms. The Morgan fingerprint density at radius 1 is 1.24 bits per heavy atom. The topological polar surface area (TPSA) is 56.8 Å². The van der Waals surface area contributed by atoms with E-state index in [9.17, 15) is 18.0 Å². The van der Waals surface area contributed by atoms with E-state index < -0.39 is 12.6 Å². The molecule has 2 atom stereocenters. The highest BCUT2D eigenvalue weighted by Gasteiger charge is 2.28. The summed E-state index contributed by atoms with van der Waals surface area (Å²) in [6.45, 7) is 3.82. The molecule has 0 bridgehead atoms. The number of fused-ring (bicyclic) bond motifs is 1. The minimum absolute atomic E-state index is 0.131. The van der Waals surface area contributed by atoms with Crippen LogP contribution in [0, 0.1) is 0 Å². The van der Waals surface area contributed by atoms with Gasteiger partial charge in [-0.25, -0.2) is 13.2 Å². The molecule has 154 valence electrons. The fourth-order valence-electron chi connectivity index (χ4n) is 3.06. The van der Waals surface area contributed by atoms with Gasteiger partial charge in [-0.2, -0.15) is 0 Å². The summed E-state index contributed by atoms with van der Waals surface area (Å²) in [5.74, 6) is 1.14. The van der Waals surface area contributed by atoms with Crippen molar-refractivity contribution in [3.05, 3.63) is 60.2 Å². The molecule has 0 saturated carbocycles. The van der Waals surface area contributed by atoms with Crippen LogP contribution in [0.25, 0.3) is 0 Å². The van der Waals surface area contributed by atoms with Gasteiger partial charge in [-0.15, -0.1) is 0 Å². The number of rotatable bonds is 7. The first-order valence-electron chi connectivity index (χ1n) is 8.91. The third-order valence-corrected chi connectivity index (χ3v) is 4.49. The van der Waals surface area contributed by atoms with Crippen LogP contribution in [0.3, 0.4) is 0 Å². The van der Waals surface area contributed by atoms with Crippen molar-refractivity contribution in [1.82, 2.24) is 5.32 Å². The van der Waals surface area contributed by atoms with E-state index in [4.69, 9.17) is 14.2 Å². The molecule has 0 aromatic heterocycles. The largest absolute Gasteiger partial charge is 0.490 e. The van der Waals surface area contributed by atoms with Crippen LogP contribution in [0.5, 0.6) is 23.0 Å². The molecule has 29 heavy (non-hydrogen) atoms. The molecule has 1 aliphatic rings. The lowest BCUT2D eigenvalue weighted by atomic mass is 9.99. The van der Waals surface area contributed by atoms with Gasteiger partial charge >= 0.3 is 0 Å². The summed E-state index contributed by atoms with van der Waals surface area (Å²) in [4.78, 5) is 11.7. The van der Waals surface area contributed by atoms with Crippen LogP contribution < -0.4 is 19.5 Å². The zero-order valence-corrected chi connectivity index (χ0v) is 15.7. The molecule has 0 saturated heterocycles. The lowest BCUT2D eigenvalue weighted by Crippen LogP contribution is -2.31. The molecular formula is C21H20F3NO4. The Labute approximate surface area is 166 Å². The van der Waals surface area contributed by atoms with Crippen molar-refractivity contribution < 1.29 is 32.2 Å². The molecule has 3 rings (SSSR count). The quantitative estimate of drug-likeness (QED) is 0.664. The molecule has 5 nitrogen and oxygen atoms in total. The SMILES string of the molecule is C=CC(=O)NC1CCOc2c1ccc(Oc1ccc(C(F)C(F)F)cc1)c2OC. The number of alkyl halides is 3. The van der Waals surface area contributed by atoms with Crippen molar-refractivity contribution in [2.45, 2.75) is 25.1 Å². The van der Waals surface area contributed by atoms with Crippen molar-refractivity contribution in [1.29, 1.82) is 0 Å². The molecule has 0 aliphatic carbocycles. The Morgan fingerprint density at radius 3 is 2.59 bits per heavy atom. The van der Waals surface area contributed by atoms with Crippen LogP contribution in [-0.2, 0) is 4.79 Å². The normalized spacial score (nSPS) is 16.4. The van der Waals surface area contributed by atoms with Crippen LogP contribution in [0.15, 0.2) is 49.1 Å². The average molecular weight is 407 g/mol. The molecule has 2 aromatic carbocycles. The van der Waals surface area contributed by atoms with E-state index in [1.165, 1.54) is 37.5 Å². The standard InChI is InChI=1S/C21H20F3NO4/c1-3-17(26)25-15-10-11-28-19-14(15)8-9-16(20(19)27-2)29-13-6-4-12(5-7-13)18(22)21(23)24/h3-9,15,18,21H,1,10-11H2,2H3,(H,25,26). The Balaban J connectivity index is 1.85. The molecule has 2 aromatic rings. The van der Waals surface area contributed by atoms with E-state index in [-0.39, 0.29) is 17.5 Å². The number of carbonyl (C=O) groups is 1. The highest BCUT2D eigenvalue weighted by atomic mass is 19.3. The van der Waals surface area contributed by atoms with Gasteiger partial charge in [0.25, 0.3) is 6.43 Å². The number of ether oxygens (including phenoxy) is 3. The van der Waals surface area contributed by atoms with Gasteiger partial charge < -0.3 is 19.5 Å². The van der Waals surface area contributed by atoms with Crippen molar-refractivity contribution in [3.8, 4) is 23.0 Å². The summed E-state index contributed by atoms with van der Waals surface area (Å²) in [7, 11) is 1.46. The molecule has 0 radical (unpaired) electrons. The van der Waals surface area contributed by atoms with Gasteiger partial charge in [0, 0.05) is 12.0 Å². The second-order valence-electron chi connectivity index (χ2n) is 6.33. The number of halogens is 3. The predicted octanol–water partition coefficient (Wildman–Crippen LogP) is 4.89. The third kappa shape index (κ3) is 4.47. The maximum absolute atomic E-state index is 13.4. The summed E-state index contributed by atoms with van der Waals surface area (Å²) in [5.41, 5.74) is 0.608. The first-order chi connectivity index (χ1) is 13.9. The van der Waals surface area contributed by atoms with Gasteiger partial charge in [0.05, 0.1) is 19.8 Å². The molecule has 1 aliphatic heterocycles. The number of carbonyl (C=O) groups excluding carboxylic acids is 1. The summed E-state index contributed by atoms with van der Waals surface area (Å²) in [5, 5.41) is 2.84. The van der Waals surface area contributed by atoms with E-state index in [1.54, 1.807) is 12.1 Å². The van der Waals surface area contributed by atoms with Crippen molar-refractivity contribution >= 4 is 5.91 Å². The van der Waals surface area contributed by atoms with Gasteiger partial charge in [0.1, 0.15) is 5.75 Å². The van der Waals surface area contributed by atoms with E-state index in [0.29, 0.717) is 36.0 Å². The van der Waals surface area contributed by atoms with Gasteiger partial charge in [-0.1, -0.05) is 18.7 Å². The van der Waals surface area contributed by atoms with Gasteiger partial charge in [0.15, 0.2) is 17.7 Å². The molecule has 8 heteroatoms. The molecular weight excluding hydrogens is 387 g/mol. The van der Waals surface area contributed by atoms with Crippen LogP contribution in [-0.4, -0.2) is 26.0 Å². The molecule has 0 fully saturated rings.